The number of piperazine rings is 1. The molecule has 3 aromatic rings. The Labute approximate surface area is 176 Å². The largest absolute Gasteiger partial charge is 0.484 e. The molecule has 1 amide bonds. The van der Waals surface area contributed by atoms with Crippen LogP contribution in [-0.4, -0.2) is 69.8 Å². The number of hydrogen-bond donors (Lipinski definition) is 2. The molecule has 3 N–H and O–H groups in total. The molecule has 0 bridgehead atoms. The lowest BCUT2D eigenvalue weighted by molar-refractivity contribution is -0.133. The van der Waals surface area contributed by atoms with Gasteiger partial charge >= 0.3 is 0 Å². The maximum absolute atomic E-state index is 12.5. The van der Waals surface area contributed by atoms with Gasteiger partial charge in [0.1, 0.15) is 11.3 Å². The maximum atomic E-state index is 12.5. The van der Waals surface area contributed by atoms with Crippen LogP contribution in [-0.2, 0) is 4.79 Å². The molecule has 4 rings (SSSR count). The standard InChI is InChI=1S/C18H20ClN7O2S/c1-29-18-21-14-15(23-18)22-17(20)24-16(14)26-8-6-25(7-9-26)13(27)10-28-12-4-2-11(19)3-5-12/h2-5H,6-10H2,1H3,(H3,20,21,22,23,24). The number of anilines is 2. The van der Waals surface area contributed by atoms with Crippen molar-refractivity contribution < 1.29 is 9.53 Å². The number of halogens is 1. The van der Waals surface area contributed by atoms with Gasteiger partial charge in [-0.3, -0.25) is 4.79 Å². The number of aromatic nitrogens is 4. The fourth-order valence-electron chi connectivity index (χ4n) is 3.14. The van der Waals surface area contributed by atoms with E-state index in [1.54, 1.807) is 29.2 Å². The second-order valence-corrected chi connectivity index (χ2v) is 7.69. The summed E-state index contributed by atoms with van der Waals surface area (Å²) in [5.41, 5.74) is 7.17. The number of nitrogen functional groups attached to an aromatic ring is 1. The van der Waals surface area contributed by atoms with Crippen LogP contribution in [0.25, 0.3) is 11.2 Å². The minimum absolute atomic E-state index is 0.00996. The number of nitrogens with one attached hydrogen (secondary N) is 1. The fourth-order valence-corrected chi connectivity index (χ4v) is 3.65. The van der Waals surface area contributed by atoms with E-state index in [1.165, 1.54) is 11.8 Å². The molecule has 2 aromatic heterocycles. The summed E-state index contributed by atoms with van der Waals surface area (Å²) in [6, 6.07) is 6.94. The number of imidazole rings is 1. The van der Waals surface area contributed by atoms with Crippen molar-refractivity contribution in [1.82, 2.24) is 24.8 Å². The van der Waals surface area contributed by atoms with Crippen LogP contribution < -0.4 is 15.4 Å². The average molecular weight is 434 g/mol. The molecule has 0 aliphatic carbocycles. The van der Waals surface area contributed by atoms with Crippen LogP contribution in [0.5, 0.6) is 5.75 Å². The molecule has 152 valence electrons. The lowest BCUT2D eigenvalue weighted by Crippen LogP contribution is -2.50. The summed E-state index contributed by atoms with van der Waals surface area (Å²) in [5.74, 6) is 1.45. The van der Waals surface area contributed by atoms with Gasteiger partial charge in [0.25, 0.3) is 5.91 Å². The Morgan fingerprint density at radius 1 is 1.21 bits per heavy atom. The van der Waals surface area contributed by atoms with E-state index in [2.05, 4.69) is 24.8 Å². The molecule has 29 heavy (non-hydrogen) atoms. The molecule has 11 heteroatoms. The first-order valence-electron chi connectivity index (χ1n) is 9.02. The van der Waals surface area contributed by atoms with Gasteiger partial charge in [-0.1, -0.05) is 23.4 Å². The summed E-state index contributed by atoms with van der Waals surface area (Å²) < 4.78 is 5.56. The van der Waals surface area contributed by atoms with Crippen molar-refractivity contribution in [2.75, 3.05) is 49.7 Å². The van der Waals surface area contributed by atoms with Crippen LogP contribution in [0.15, 0.2) is 29.4 Å². The molecule has 1 saturated heterocycles. The molecule has 0 saturated carbocycles. The van der Waals surface area contributed by atoms with E-state index in [1.807, 2.05) is 6.26 Å². The molecule has 1 aromatic carbocycles. The van der Waals surface area contributed by atoms with Crippen molar-refractivity contribution in [2.24, 2.45) is 0 Å². The van der Waals surface area contributed by atoms with Crippen LogP contribution in [0.4, 0.5) is 11.8 Å². The van der Waals surface area contributed by atoms with Gasteiger partial charge in [0.05, 0.1) is 0 Å². The number of nitrogens with two attached hydrogens (primary N) is 1. The van der Waals surface area contributed by atoms with Gasteiger partial charge in [0.2, 0.25) is 5.95 Å². The highest BCUT2D eigenvalue weighted by Crippen LogP contribution is 2.26. The first-order valence-corrected chi connectivity index (χ1v) is 10.6. The highest BCUT2D eigenvalue weighted by atomic mass is 35.5. The van der Waals surface area contributed by atoms with E-state index in [0.717, 1.165) is 10.7 Å². The summed E-state index contributed by atoms with van der Waals surface area (Å²) in [4.78, 5) is 32.6. The van der Waals surface area contributed by atoms with Crippen molar-refractivity contribution in [2.45, 2.75) is 5.16 Å². The molecule has 0 atom stereocenters. The third-order valence-electron chi connectivity index (χ3n) is 4.63. The highest BCUT2D eigenvalue weighted by molar-refractivity contribution is 7.98. The molecule has 0 radical (unpaired) electrons. The quantitative estimate of drug-likeness (QED) is 0.587. The number of carbonyl (C=O) groups is 1. The molecule has 1 fully saturated rings. The number of thioether (sulfide) groups is 1. The van der Waals surface area contributed by atoms with Crippen molar-refractivity contribution in [3.05, 3.63) is 29.3 Å². The lowest BCUT2D eigenvalue weighted by Gasteiger charge is -2.35. The summed E-state index contributed by atoms with van der Waals surface area (Å²) >= 11 is 7.35. The van der Waals surface area contributed by atoms with E-state index < -0.39 is 0 Å². The minimum Gasteiger partial charge on any atom is -0.484 e. The zero-order valence-electron chi connectivity index (χ0n) is 15.8. The monoisotopic (exact) mass is 433 g/mol. The zero-order chi connectivity index (χ0) is 20.4. The number of H-pyrrole nitrogens is 1. The van der Waals surface area contributed by atoms with E-state index >= 15 is 0 Å². The number of carbonyl (C=O) groups excluding carboxylic acids is 1. The number of rotatable bonds is 5. The maximum Gasteiger partial charge on any atom is 0.260 e. The zero-order valence-corrected chi connectivity index (χ0v) is 17.3. The fraction of sp³-hybridized carbons (Fsp3) is 0.333. The Morgan fingerprint density at radius 2 is 1.93 bits per heavy atom. The normalized spacial score (nSPS) is 14.4. The van der Waals surface area contributed by atoms with Crippen molar-refractivity contribution in [3.8, 4) is 5.75 Å². The van der Waals surface area contributed by atoms with Crippen molar-refractivity contribution >= 4 is 52.2 Å². The van der Waals surface area contributed by atoms with Gasteiger partial charge in [-0.15, -0.1) is 0 Å². The highest BCUT2D eigenvalue weighted by Gasteiger charge is 2.25. The predicted molar refractivity (Wildman–Crippen MR) is 114 cm³/mol. The molecular formula is C18H20ClN7O2S. The second kappa shape index (κ2) is 8.34. The number of aromatic amines is 1. The molecule has 1 aliphatic heterocycles. The van der Waals surface area contributed by atoms with Gasteiger partial charge in [-0.05, 0) is 30.5 Å². The van der Waals surface area contributed by atoms with Gasteiger partial charge in [-0.25, -0.2) is 4.98 Å². The topological polar surface area (TPSA) is 113 Å². The molecule has 0 unspecified atom stereocenters. The summed E-state index contributed by atoms with van der Waals surface area (Å²) in [6.45, 7) is 2.39. The number of fused-ring (bicyclic) bond motifs is 1. The van der Waals surface area contributed by atoms with E-state index in [9.17, 15) is 4.79 Å². The summed E-state index contributed by atoms with van der Waals surface area (Å²) in [7, 11) is 0. The number of amides is 1. The number of hydrogen-bond acceptors (Lipinski definition) is 8. The Bertz CT molecular complexity index is 1020. The first kappa shape index (κ1) is 19.6. The average Bonchev–Trinajstić information content (AvgIpc) is 3.15. The minimum atomic E-state index is -0.0573. The van der Waals surface area contributed by atoms with Crippen LogP contribution in [0.2, 0.25) is 5.02 Å². The Balaban J connectivity index is 1.39. The van der Waals surface area contributed by atoms with Crippen molar-refractivity contribution in [1.29, 1.82) is 0 Å². The lowest BCUT2D eigenvalue weighted by atomic mass is 10.3. The third kappa shape index (κ3) is 4.33. The Kier molecular flexibility index (Phi) is 5.63. The van der Waals surface area contributed by atoms with Crippen LogP contribution in [0.3, 0.4) is 0 Å². The smallest absolute Gasteiger partial charge is 0.260 e. The number of ether oxygens (including phenoxy) is 1. The molecule has 1 aliphatic rings. The Hall–Kier alpha value is -2.72. The van der Waals surface area contributed by atoms with Gasteiger partial charge in [0, 0.05) is 31.2 Å². The molecule has 3 heterocycles. The van der Waals surface area contributed by atoms with E-state index in [-0.39, 0.29) is 18.5 Å². The van der Waals surface area contributed by atoms with Crippen LogP contribution in [0.1, 0.15) is 0 Å². The molecule has 9 nitrogen and oxygen atoms in total. The van der Waals surface area contributed by atoms with Gasteiger partial charge in [-0.2, -0.15) is 9.97 Å². The van der Waals surface area contributed by atoms with Gasteiger partial charge < -0.3 is 25.3 Å². The van der Waals surface area contributed by atoms with E-state index in [4.69, 9.17) is 22.1 Å². The SMILES string of the molecule is CSc1nc2nc(N)nc(N3CCN(C(=O)COc4ccc(Cl)cc4)CC3)c2[nH]1. The Morgan fingerprint density at radius 3 is 2.62 bits per heavy atom. The van der Waals surface area contributed by atoms with Gasteiger partial charge in [0.15, 0.2) is 23.2 Å². The van der Waals surface area contributed by atoms with E-state index in [0.29, 0.717) is 48.4 Å². The van der Waals surface area contributed by atoms with Crippen molar-refractivity contribution in [3.63, 3.8) is 0 Å². The predicted octanol–water partition coefficient (Wildman–Crippen LogP) is 2.04. The van der Waals surface area contributed by atoms with Crippen LogP contribution >= 0.6 is 23.4 Å². The number of nitrogens with zero attached hydrogens (tertiary/aromatic N) is 5. The third-order valence-corrected chi connectivity index (χ3v) is 5.46. The second-order valence-electron chi connectivity index (χ2n) is 6.46. The molecular weight excluding hydrogens is 414 g/mol. The molecule has 0 spiro atoms. The summed E-state index contributed by atoms with van der Waals surface area (Å²) in [5, 5.41) is 1.38. The van der Waals surface area contributed by atoms with Crippen LogP contribution in [0, 0.1) is 0 Å². The first-order chi connectivity index (χ1) is 14.0. The number of benzene rings is 1. The summed E-state index contributed by atoms with van der Waals surface area (Å²) in [6.07, 6.45) is 1.94.